The number of halogens is 2. The van der Waals surface area contributed by atoms with Crippen LogP contribution >= 0.6 is 23.2 Å². The summed E-state index contributed by atoms with van der Waals surface area (Å²) < 4.78 is 5.68. The first-order valence-electron chi connectivity index (χ1n) is 6.36. The average molecular weight is 288 g/mol. The fourth-order valence-corrected chi connectivity index (χ4v) is 2.36. The van der Waals surface area contributed by atoms with Crippen LogP contribution < -0.4 is 4.74 Å². The molecule has 1 fully saturated rings. The van der Waals surface area contributed by atoms with Gasteiger partial charge in [0.05, 0.1) is 5.02 Å². The Morgan fingerprint density at radius 3 is 2.78 bits per heavy atom. The topological polar surface area (TPSA) is 12.5 Å². The highest BCUT2D eigenvalue weighted by molar-refractivity contribution is 6.34. The first kappa shape index (κ1) is 14.0. The molecule has 2 rings (SSSR count). The van der Waals surface area contributed by atoms with Crippen LogP contribution in [0, 0.1) is 5.92 Å². The monoisotopic (exact) mass is 287 g/mol. The van der Waals surface area contributed by atoms with Crippen molar-refractivity contribution in [1.29, 1.82) is 0 Å². The molecular weight excluding hydrogens is 269 g/mol. The Labute approximate surface area is 119 Å². The summed E-state index contributed by atoms with van der Waals surface area (Å²) in [6, 6.07) is 5.92. The standard InChI is InChI=1S/C14H19Cl2NO/c1-10(11-3-4-11)17(2)7-8-18-14-9-12(15)5-6-13(14)16/h5-6,9-11H,3-4,7-8H2,1-2H3. The second-order valence-corrected chi connectivity index (χ2v) is 5.83. The van der Waals surface area contributed by atoms with Gasteiger partial charge in [-0.3, -0.25) is 0 Å². The number of ether oxygens (including phenoxy) is 1. The van der Waals surface area contributed by atoms with Crippen LogP contribution in [0.5, 0.6) is 5.75 Å². The first-order chi connectivity index (χ1) is 8.58. The molecule has 0 saturated heterocycles. The molecule has 0 N–H and O–H groups in total. The van der Waals surface area contributed by atoms with E-state index in [9.17, 15) is 0 Å². The Morgan fingerprint density at radius 2 is 2.11 bits per heavy atom. The quantitative estimate of drug-likeness (QED) is 0.781. The zero-order chi connectivity index (χ0) is 13.1. The molecule has 18 heavy (non-hydrogen) atoms. The van der Waals surface area contributed by atoms with Crippen LogP contribution in [0.2, 0.25) is 10.0 Å². The van der Waals surface area contributed by atoms with Gasteiger partial charge in [-0.15, -0.1) is 0 Å². The molecule has 1 unspecified atom stereocenters. The third kappa shape index (κ3) is 3.78. The minimum absolute atomic E-state index is 0.609. The molecule has 0 spiro atoms. The highest BCUT2D eigenvalue weighted by Gasteiger charge is 2.30. The molecular formula is C14H19Cl2NO. The van der Waals surface area contributed by atoms with E-state index in [1.807, 2.05) is 0 Å². The van der Waals surface area contributed by atoms with E-state index >= 15 is 0 Å². The molecule has 1 aliphatic rings. The summed E-state index contributed by atoms with van der Waals surface area (Å²) in [5.41, 5.74) is 0. The third-order valence-corrected chi connectivity index (χ3v) is 4.14. The molecule has 2 nitrogen and oxygen atoms in total. The lowest BCUT2D eigenvalue weighted by molar-refractivity contribution is 0.186. The van der Waals surface area contributed by atoms with Crippen LogP contribution in [-0.2, 0) is 0 Å². The normalized spacial score (nSPS) is 16.9. The summed E-state index contributed by atoms with van der Waals surface area (Å²) in [7, 11) is 2.14. The minimum Gasteiger partial charge on any atom is -0.491 e. The number of likely N-dealkylation sites (N-methyl/N-ethyl adjacent to an activating group) is 1. The van der Waals surface area contributed by atoms with Gasteiger partial charge in [0.1, 0.15) is 12.4 Å². The molecule has 0 heterocycles. The summed E-state index contributed by atoms with van der Waals surface area (Å²) in [6.45, 7) is 3.82. The first-order valence-corrected chi connectivity index (χ1v) is 7.11. The molecule has 0 aromatic heterocycles. The van der Waals surface area contributed by atoms with Crippen molar-refractivity contribution in [3.63, 3.8) is 0 Å². The summed E-state index contributed by atoms with van der Waals surface area (Å²) >= 11 is 11.9. The minimum atomic E-state index is 0.609. The third-order valence-electron chi connectivity index (χ3n) is 3.59. The summed E-state index contributed by atoms with van der Waals surface area (Å²) in [6.07, 6.45) is 2.74. The zero-order valence-corrected chi connectivity index (χ0v) is 12.3. The lowest BCUT2D eigenvalue weighted by Crippen LogP contribution is -2.34. The van der Waals surface area contributed by atoms with Crippen LogP contribution in [0.1, 0.15) is 19.8 Å². The van der Waals surface area contributed by atoms with E-state index < -0.39 is 0 Å². The average Bonchev–Trinajstić information content (AvgIpc) is 3.16. The zero-order valence-electron chi connectivity index (χ0n) is 10.8. The van der Waals surface area contributed by atoms with E-state index in [0.717, 1.165) is 12.5 Å². The number of hydrogen-bond acceptors (Lipinski definition) is 2. The van der Waals surface area contributed by atoms with Gasteiger partial charge < -0.3 is 9.64 Å². The molecule has 4 heteroatoms. The van der Waals surface area contributed by atoms with Gasteiger partial charge in [-0.1, -0.05) is 23.2 Å². The largest absolute Gasteiger partial charge is 0.491 e. The SMILES string of the molecule is CC(C1CC1)N(C)CCOc1cc(Cl)ccc1Cl. The van der Waals surface area contributed by atoms with E-state index in [1.165, 1.54) is 12.8 Å². The fraction of sp³-hybridized carbons (Fsp3) is 0.571. The predicted octanol–water partition coefficient (Wildman–Crippen LogP) is 4.10. The van der Waals surface area contributed by atoms with Gasteiger partial charge in [0.2, 0.25) is 0 Å². The molecule has 1 saturated carbocycles. The van der Waals surface area contributed by atoms with Crippen LogP contribution in [0.15, 0.2) is 18.2 Å². The maximum absolute atomic E-state index is 6.04. The van der Waals surface area contributed by atoms with Crippen molar-refractivity contribution in [1.82, 2.24) is 4.90 Å². The van der Waals surface area contributed by atoms with Gasteiger partial charge >= 0.3 is 0 Å². The maximum atomic E-state index is 6.04. The molecule has 0 bridgehead atoms. The second-order valence-electron chi connectivity index (χ2n) is 4.98. The van der Waals surface area contributed by atoms with Crippen molar-refractivity contribution in [3.05, 3.63) is 28.2 Å². The molecule has 1 aromatic rings. The van der Waals surface area contributed by atoms with Crippen LogP contribution in [-0.4, -0.2) is 31.1 Å². The Hall–Kier alpha value is -0.440. The maximum Gasteiger partial charge on any atom is 0.139 e. The van der Waals surface area contributed by atoms with Crippen LogP contribution in [0.4, 0.5) is 0 Å². The molecule has 0 amide bonds. The number of rotatable bonds is 6. The van der Waals surface area contributed by atoms with Crippen LogP contribution in [0.3, 0.4) is 0 Å². The smallest absolute Gasteiger partial charge is 0.139 e. The van der Waals surface area contributed by atoms with Gasteiger partial charge in [0, 0.05) is 23.7 Å². The number of benzene rings is 1. The summed E-state index contributed by atoms with van der Waals surface area (Å²) in [5, 5.41) is 1.26. The Morgan fingerprint density at radius 1 is 1.39 bits per heavy atom. The Balaban J connectivity index is 1.78. The van der Waals surface area contributed by atoms with Gasteiger partial charge in [-0.2, -0.15) is 0 Å². The molecule has 1 aliphatic carbocycles. The lowest BCUT2D eigenvalue weighted by Gasteiger charge is -2.24. The van der Waals surface area contributed by atoms with E-state index in [-0.39, 0.29) is 0 Å². The van der Waals surface area contributed by atoms with Crippen LogP contribution in [0.25, 0.3) is 0 Å². The number of nitrogens with zero attached hydrogens (tertiary/aromatic N) is 1. The summed E-state index contributed by atoms with van der Waals surface area (Å²) in [5.74, 6) is 1.54. The highest BCUT2D eigenvalue weighted by Crippen LogP contribution is 2.34. The van der Waals surface area contributed by atoms with Gasteiger partial charge in [0.15, 0.2) is 0 Å². The van der Waals surface area contributed by atoms with Crippen molar-refractivity contribution < 1.29 is 4.74 Å². The van der Waals surface area contributed by atoms with Gasteiger partial charge in [-0.25, -0.2) is 0 Å². The molecule has 100 valence electrons. The van der Waals surface area contributed by atoms with E-state index in [4.69, 9.17) is 27.9 Å². The molecule has 1 atom stereocenters. The second kappa shape index (κ2) is 6.14. The van der Waals surface area contributed by atoms with Crippen molar-refractivity contribution >= 4 is 23.2 Å². The van der Waals surface area contributed by atoms with E-state index in [1.54, 1.807) is 18.2 Å². The molecule has 0 radical (unpaired) electrons. The van der Waals surface area contributed by atoms with Crippen molar-refractivity contribution in [2.45, 2.75) is 25.8 Å². The number of hydrogen-bond donors (Lipinski definition) is 0. The molecule has 1 aromatic carbocycles. The fourth-order valence-electron chi connectivity index (χ4n) is 2.03. The predicted molar refractivity (Wildman–Crippen MR) is 76.8 cm³/mol. The van der Waals surface area contributed by atoms with Crippen molar-refractivity contribution in [2.24, 2.45) is 5.92 Å². The van der Waals surface area contributed by atoms with Crippen molar-refractivity contribution in [3.8, 4) is 5.75 Å². The van der Waals surface area contributed by atoms with Gasteiger partial charge in [0.25, 0.3) is 0 Å². The van der Waals surface area contributed by atoms with E-state index in [2.05, 4.69) is 18.9 Å². The Bertz CT molecular complexity index is 407. The Kier molecular flexibility index (Phi) is 4.77. The van der Waals surface area contributed by atoms with Gasteiger partial charge in [-0.05, 0) is 44.9 Å². The van der Waals surface area contributed by atoms with E-state index in [0.29, 0.717) is 28.4 Å². The summed E-state index contributed by atoms with van der Waals surface area (Å²) in [4.78, 5) is 2.34. The van der Waals surface area contributed by atoms with Crippen molar-refractivity contribution in [2.75, 3.05) is 20.2 Å². The lowest BCUT2D eigenvalue weighted by atomic mass is 10.2. The highest BCUT2D eigenvalue weighted by atomic mass is 35.5. The molecule has 0 aliphatic heterocycles.